The van der Waals surface area contributed by atoms with E-state index in [-0.39, 0.29) is 17.3 Å². The average Bonchev–Trinajstić information content (AvgIpc) is 3.23. The molecule has 2 N–H and O–H groups in total. The first-order valence-corrected chi connectivity index (χ1v) is 11.5. The molecule has 2 aromatic heterocycles. The molecule has 4 rings (SSSR count). The minimum atomic E-state index is -3.62. The molecular formula is C21H25N5O4S. The van der Waals surface area contributed by atoms with Crippen molar-refractivity contribution in [2.75, 3.05) is 39.8 Å². The summed E-state index contributed by atoms with van der Waals surface area (Å²) in [4.78, 5) is 21.6. The van der Waals surface area contributed by atoms with Crippen LogP contribution in [0, 0.1) is 0 Å². The number of piperazine rings is 1. The van der Waals surface area contributed by atoms with E-state index in [0.717, 1.165) is 11.3 Å². The molecule has 0 spiro atoms. The number of rotatable bonds is 7. The van der Waals surface area contributed by atoms with Crippen molar-refractivity contribution in [2.45, 2.75) is 11.4 Å². The normalized spacial score (nSPS) is 15.8. The molecule has 0 radical (unpaired) electrons. The van der Waals surface area contributed by atoms with Crippen LogP contribution in [0.25, 0.3) is 11.0 Å². The second-order valence-electron chi connectivity index (χ2n) is 7.36. The number of carbonyl (C=O) groups is 1. The summed E-state index contributed by atoms with van der Waals surface area (Å²) in [7, 11) is -2.01. The number of benzene rings is 1. The van der Waals surface area contributed by atoms with Crippen molar-refractivity contribution in [3.05, 3.63) is 54.4 Å². The van der Waals surface area contributed by atoms with Gasteiger partial charge in [0.2, 0.25) is 15.9 Å². The topological polar surface area (TPSA) is 108 Å². The zero-order valence-electron chi connectivity index (χ0n) is 17.2. The summed E-state index contributed by atoms with van der Waals surface area (Å²) in [6.07, 6.45) is 3.11. The van der Waals surface area contributed by atoms with Crippen LogP contribution < -0.4 is 10.1 Å². The summed E-state index contributed by atoms with van der Waals surface area (Å²) in [5, 5.41) is 3.49. The van der Waals surface area contributed by atoms with Gasteiger partial charge in [0.1, 0.15) is 16.3 Å². The number of pyridine rings is 1. The largest absolute Gasteiger partial charge is 0.497 e. The SMILES string of the molecule is COc1ccc(CNC(=O)CN2CCN(S(=O)(=O)c3c[nH]c4ncccc34)CC2)cc1. The number of aromatic amines is 1. The molecular weight excluding hydrogens is 418 g/mol. The Morgan fingerprint density at radius 3 is 2.61 bits per heavy atom. The molecule has 164 valence electrons. The molecule has 1 aromatic carbocycles. The first kappa shape index (κ1) is 21.3. The Morgan fingerprint density at radius 1 is 1.16 bits per heavy atom. The van der Waals surface area contributed by atoms with Crippen LogP contribution >= 0.6 is 0 Å². The number of nitrogens with one attached hydrogen (secondary N) is 2. The highest BCUT2D eigenvalue weighted by Gasteiger charge is 2.31. The molecule has 1 amide bonds. The summed E-state index contributed by atoms with van der Waals surface area (Å²) < 4.78 is 32.7. The zero-order valence-corrected chi connectivity index (χ0v) is 18.1. The number of methoxy groups -OCH3 is 1. The maximum atomic E-state index is 13.1. The van der Waals surface area contributed by atoms with Crippen LogP contribution in [0.4, 0.5) is 0 Å². The Labute approximate surface area is 181 Å². The summed E-state index contributed by atoms with van der Waals surface area (Å²) in [6.45, 7) is 2.33. The molecule has 3 aromatic rings. The summed E-state index contributed by atoms with van der Waals surface area (Å²) in [5.74, 6) is 0.682. The third-order valence-corrected chi connectivity index (χ3v) is 7.32. The minimum absolute atomic E-state index is 0.0881. The molecule has 0 saturated carbocycles. The quantitative estimate of drug-likeness (QED) is 0.568. The molecule has 0 atom stereocenters. The predicted octanol–water partition coefficient (Wildman–Crippen LogP) is 1.19. The number of sulfonamides is 1. The van der Waals surface area contributed by atoms with Gasteiger partial charge in [-0.1, -0.05) is 12.1 Å². The van der Waals surface area contributed by atoms with Crippen LogP contribution in [-0.2, 0) is 21.4 Å². The van der Waals surface area contributed by atoms with Gasteiger partial charge in [0.15, 0.2) is 0 Å². The lowest BCUT2D eigenvalue weighted by Gasteiger charge is -2.33. The lowest BCUT2D eigenvalue weighted by atomic mass is 10.2. The molecule has 9 nitrogen and oxygen atoms in total. The van der Waals surface area contributed by atoms with Crippen LogP contribution in [0.2, 0.25) is 0 Å². The number of H-pyrrole nitrogens is 1. The van der Waals surface area contributed by atoms with Crippen LogP contribution in [0.5, 0.6) is 5.75 Å². The fraction of sp³-hybridized carbons (Fsp3) is 0.333. The van der Waals surface area contributed by atoms with Crippen LogP contribution in [-0.4, -0.2) is 73.3 Å². The number of nitrogens with zero attached hydrogens (tertiary/aromatic N) is 3. The fourth-order valence-corrected chi connectivity index (χ4v) is 5.19. The highest BCUT2D eigenvalue weighted by atomic mass is 32.2. The molecule has 0 aliphatic carbocycles. The average molecular weight is 444 g/mol. The van der Waals surface area contributed by atoms with Crippen molar-refractivity contribution < 1.29 is 17.9 Å². The Bertz CT molecular complexity index is 1150. The van der Waals surface area contributed by atoms with Gasteiger partial charge in [-0.15, -0.1) is 0 Å². The lowest BCUT2D eigenvalue weighted by molar-refractivity contribution is -0.122. The first-order valence-electron chi connectivity index (χ1n) is 10.0. The molecule has 1 aliphatic rings. The van der Waals surface area contributed by atoms with Crippen molar-refractivity contribution in [1.29, 1.82) is 0 Å². The number of ether oxygens (including phenoxy) is 1. The molecule has 1 saturated heterocycles. The van der Waals surface area contributed by atoms with Gasteiger partial charge in [0.05, 0.1) is 13.7 Å². The van der Waals surface area contributed by atoms with Gasteiger partial charge in [0, 0.05) is 50.5 Å². The van der Waals surface area contributed by atoms with Crippen molar-refractivity contribution in [1.82, 2.24) is 24.5 Å². The fourth-order valence-electron chi connectivity index (χ4n) is 3.61. The van der Waals surface area contributed by atoms with E-state index in [1.807, 2.05) is 29.2 Å². The lowest BCUT2D eigenvalue weighted by Crippen LogP contribution is -2.50. The third-order valence-electron chi connectivity index (χ3n) is 5.38. The number of fused-ring (bicyclic) bond motifs is 1. The predicted molar refractivity (Wildman–Crippen MR) is 116 cm³/mol. The summed E-state index contributed by atoms with van der Waals surface area (Å²) in [6, 6.07) is 11.0. The first-order chi connectivity index (χ1) is 15.0. The number of hydrogen-bond acceptors (Lipinski definition) is 6. The molecule has 10 heteroatoms. The highest BCUT2D eigenvalue weighted by Crippen LogP contribution is 2.25. The Hall–Kier alpha value is -2.95. The van der Waals surface area contributed by atoms with Crippen LogP contribution in [0.3, 0.4) is 0 Å². The third kappa shape index (κ3) is 4.71. The summed E-state index contributed by atoms with van der Waals surface area (Å²) in [5.41, 5.74) is 1.53. The van der Waals surface area contributed by atoms with Crippen molar-refractivity contribution in [3.63, 3.8) is 0 Å². The monoisotopic (exact) mass is 443 g/mol. The van der Waals surface area contributed by atoms with Gasteiger partial charge in [-0.05, 0) is 29.8 Å². The Balaban J connectivity index is 1.29. The van der Waals surface area contributed by atoms with E-state index in [1.54, 1.807) is 25.4 Å². The zero-order chi connectivity index (χ0) is 21.8. The Kier molecular flexibility index (Phi) is 6.21. The molecule has 1 aliphatic heterocycles. The Morgan fingerprint density at radius 2 is 1.90 bits per heavy atom. The van der Waals surface area contributed by atoms with Crippen molar-refractivity contribution >= 4 is 27.0 Å². The van der Waals surface area contributed by atoms with E-state index in [0.29, 0.717) is 43.8 Å². The van der Waals surface area contributed by atoms with Gasteiger partial charge in [0.25, 0.3) is 0 Å². The second kappa shape index (κ2) is 9.04. The van der Waals surface area contributed by atoms with E-state index in [4.69, 9.17) is 4.74 Å². The highest BCUT2D eigenvalue weighted by molar-refractivity contribution is 7.89. The van der Waals surface area contributed by atoms with E-state index in [2.05, 4.69) is 15.3 Å². The van der Waals surface area contributed by atoms with E-state index in [1.165, 1.54) is 10.5 Å². The number of hydrogen-bond donors (Lipinski definition) is 2. The molecule has 0 bridgehead atoms. The van der Waals surface area contributed by atoms with Gasteiger partial charge < -0.3 is 15.0 Å². The van der Waals surface area contributed by atoms with E-state index < -0.39 is 10.0 Å². The van der Waals surface area contributed by atoms with Gasteiger partial charge in [-0.2, -0.15) is 4.31 Å². The smallest absolute Gasteiger partial charge is 0.245 e. The van der Waals surface area contributed by atoms with Crippen LogP contribution in [0.15, 0.2) is 53.7 Å². The molecule has 1 fully saturated rings. The standard InChI is InChI=1S/C21H25N5O4S/c1-30-17-6-4-16(5-7-17)13-23-20(27)15-25-9-11-26(12-10-25)31(28,29)19-14-24-21-18(19)3-2-8-22-21/h2-8,14H,9-13,15H2,1H3,(H,22,24)(H,23,27). The molecule has 0 unspecified atom stereocenters. The van der Waals surface area contributed by atoms with Crippen molar-refractivity contribution in [2.24, 2.45) is 0 Å². The number of carbonyl (C=O) groups excluding carboxylic acids is 1. The number of amides is 1. The maximum Gasteiger partial charge on any atom is 0.245 e. The van der Waals surface area contributed by atoms with Gasteiger partial charge >= 0.3 is 0 Å². The summed E-state index contributed by atoms with van der Waals surface area (Å²) >= 11 is 0. The maximum absolute atomic E-state index is 13.1. The van der Waals surface area contributed by atoms with E-state index in [9.17, 15) is 13.2 Å². The number of aromatic nitrogens is 2. The van der Waals surface area contributed by atoms with Crippen LogP contribution in [0.1, 0.15) is 5.56 Å². The minimum Gasteiger partial charge on any atom is -0.497 e. The van der Waals surface area contributed by atoms with Gasteiger partial charge in [-0.25, -0.2) is 13.4 Å². The van der Waals surface area contributed by atoms with E-state index >= 15 is 0 Å². The molecule has 3 heterocycles. The molecule has 31 heavy (non-hydrogen) atoms. The second-order valence-corrected chi connectivity index (χ2v) is 9.26. The van der Waals surface area contributed by atoms with Gasteiger partial charge in [-0.3, -0.25) is 9.69 Å². The van der Waals surface area contributed by atoms with Crippen molar-refractivity contribution in [3.8, 4) is 5.75 Å².